The Hall–Kier alpha value is -3.11. The third-order valence-corrected chi connectivity index (χ3v) is 3.30. The topological polar surface area (TPSA) is 127 Å². The number of aromatic nitrogens is 2. The molecule has 0 radical (unpaired) electrons. The first-order valence-electron chi connectivity index (χ1n) is 8.89. The molecule has 2 aromatic rings. The standard InChI is InChI=1S/C18H25N5O5/c1-2-26-18(25)23-21-16-8-9-17(22-20-16)27-11-10-19-12-14(24)13-28-15-6-4-3-5-7-15/h3-9,14,19,24H,2,10-13H2,1H3,(H,20,21)(H,23,25). The number of hydrogen-bond acceptors (Lipinski definition) is 9. The minimum atomic E-state index is -0.628. The second kappa shape index (κ2) is 12.3. The molecule has 0 aliphatic carbocycles. The number of aliphatic hydroxyl groups is 1. The summed E-state index contributed by atoms with van der Waals surface area (Å²) in [6.07, 6.45) is -1.23. The van der Waals surface area contributed by atoms with Crippen molar-refractivity contribution in [1.29, 1.82) is 0 Å². The predicted octanol–water partition coefficient (Wildman–Crippen LogP) is 0.958. The highest BCUT2D eigenvalue weighted by Gasteiger charge is 2.05. The highest BCUT2D eigenvalue weighted by atomic mass is 16.6. The summed E-state index contributed by atoms with van der Waals surface area (Å²) in [4.78, 5) is 11.1. The van der Waals surface area contributed by atoms with Crippen molar-refractivity contribution in [3.05, 3.63) is 42.5 Å². The molecule has 1 amide bonds. The molecule has 0 fully saturated rings. The van der Waals surface area contributed by atoms with E-state index in [1.54, 1.807) is 19.1 Å². The van der Waals surface area contributed by atoms with Gasteiger partial charge in [-0.15, -0.1) is 10.2 Å². The van der Waals surface area contributed by atoms with Crippen LogP contribution in [0.5, 0.6) is 11.6 Å². The fourth-order valence-electron chi connectivity index (χ4n) is 2.01. The number of para-hydroxylation sites is 1. The van der Waals surface area contributed by atoms with E-state index in [9.17, 15) is 9.90 Å². The van der Waals surface area contributed by atoms with Gasteiger partial charge in [-0.25, -0.2) is 10.2 Å². The van der Waals surface area contributed by atoms with Crippen molar-refractivity contribution in [1.82, 2.24) is 20.9 Å². The molecule has 0 saturated carbocycles. The van der Waals surface area contributed by atoms with Crippen molar-refractivity contribution in [3.63, 3.8) is 0 Å². The molecule has 1 aromatic carbocycles. The van der Waals surface area contributed by atoms with Gasteiger partial charge in [-0.3, -0.25) is 5.43 Å². The average Bonchev–Trinajstić information content (AvgIpc) is 2.72. The SMILES string of the molecule is CCOC(=O)NNc1ccc(OCCNCC(O)COc2ccccc2)nn1. The van der Waals surface area contributed by atoms with Gasteiger partial charge in [-0.2, -0.15) is 0 Å². The molecular formula is C18H25N5O5. The summed E-state index contributed by atoms with van der Waals surface area (Å²) in [7, 11) is 0. The van der Waals surface area contributed by atoms with E-state index in [2.05, 4.69) is 26.4 Å². The van der Waals surface area contributed by atoms with E-state index in [1.807, 2.05) is 30.3 Å². The van der Waals surface area contributed by atoms with Gasteiger partial charge in [-0.05, 0) is 25.1 Å². The zero-order chi connectivity index (χ0) is 20.0. The minimum Gasteiger partial charge on any atom is -0.491 e. The van der Waals surface area contributed by atoms with Gasteiger partial charge in [0, 0.05) is 19.2 Å². The van der Waals surface area contributed by atoms with Gasteiger partial charge in [0.05, 0.1) is 6.61 Å². The van der Waals surface area contributed by atoms with Crippen LogP contribution >= 0.6 is 0 Å². The van der Waals surface area contributed by atoms with Crippen LogP contribution in [-0.2, 0) is 4.74 Å². The second-order valence-corrected chi connectivity index (χ2v) is 5.56. The summed E-state index contributed by atoms with van der Waals surface area (Å²) in [5.41, 5.74) is 4.88. The smallest absolute Gasteiger partial charge is 0.425 e. The van der Waals surface area contributed by atoms with Crippen LogP contribution in [0.25, 0.3) is 0 Å². The highest BCUT2D eigenvalue weighted by molar-refractivity contribution is 5.68. The molecule has 152 valence electrons. The van der Waals surface area contributed by atoms with E-state index in [0.29, 0.717) is 31.4 Å². The van der Waals surface area contributed by atoms with Crippen LogP contribution in [0.1, 0.15) is 6.92 Å². The Morgan fingerprint density at radius 2 is 1.96 bits per heavy atom. The van der Waals surface area contributed by atoms with Gasteiger partial charge in [0.25, 0.3) is 0 Å². The van der Waals surface area contributed by atoms with E-state index in [4.69, 9.17) is 14.2 Å². The maximum absolute atomic E-state index is 11.1. The monoisotopic (exact) mass is 391 g/mol. The average molecular weight is 391 g/mol. The Labute approximate surface area is 163 Å². The zero-order valence-corrected chi connectivity index (χ0v) is 15.6. The Bertz CT molecular complexity index is 687. The summed E-state index contributed by atoms with van der Waals surface area (Å²) < 4.78 is 15.6. The fraction of sp³-hybridized carbons (Fsp3) is 0.389. The first-order valence-corrected chi connectivity index (χ1v) is 8.89. The van der Waals surface area contributed by atoms with Crippen LogP contribution < -0.4 is 25.6 Å². The molecule has 0 bridgehead atoms. The number of nitrogens with one attached hydrogen (secondary N) is 3. The minimum absolute atomic E-state index is 0.206. The van der Waals surface area contributed by atoms with Crippen LogP contribution in [0.2, 0.25) is 0 Å². The van der Waals surface area contributed by atoms with Gasteiger partial charge in [0.15, 0.2) is 5.82 Å². The zero-order valence-electron chi connectivity index (χ0n) is 15.6. The number of ether oxygens (including phenoxy) is 3. The molecule has 1 heterocycles. The number of nitrogens with zero attached hydrogens (tertiary/aromatic N) is 2. The summed E-state index contributed by atoms with van der Waals surface area (Å²) in [5, 5.41) is 20.7. The number of rotatable bonds is 12. The van der Waals surface area contributed by atoms with Crippen molar-refractivity contribution in [3.8, 4) is 11.6 Å². The Kier molecular flexibility index (Phi) is 9.32. The van der Waals surface area contributed by atoms with Crippen molar-refractivity contribution in [2.75, 3.05) is 38.3 Å². The van der Waals surface area contributed by atoms with Crippen LogP contribution in [0, 0.1) is 0 Å². The summed E-state index contributed by atoms with van der Waals surface area (Å²) in [5.74, 6) is 1.41. The van der Waals surface area contributed by atoms with E-state index in [0.717, 1.165) is 5.75 Å². The van der Waals surface area contributed by atoms with Crippen molar-refractivity contribution < 1.29 is 24.1 Å². The predicted molar refractivity (Wildman–Crippen MR) is 102 cm³/mol. The third kappa shape index (κ3) is 8.52. The Balaban J connectivity index is 1.54. The van der Waals surface area contributed by atoms with Gasteiger partial charge >= 0.3 is 6.09 Å². The first-order chi connectivity index (χ1) is 13.7. The van der Waals surface area contributed by atoms with Gasteiger partial charge in [-0.1, -0.05) is 18.2 Å². The number of carbonyl (C=O) groups excluding carboxylic acids is 1. The molecule has 2 rings (SSSR count). The number of anilines is 1. The van der Waals surface area contributed by atoms with Crippen molar-refractivity contribution in [2.45, 2.75) is 13.0 Å². The fourth-order valence-corrected chi connectivity index (χ4v) is 2.01. The molecule has 1 atom stereocenters. The largest absolute Gasteiger partial charge is 0.491 e. The quantitative estimate of drug-likeness (QED) is 0.309. The van der Waals surface area contributed by atoms with Crippen molar-refractivity contribution >= 4 is 11.9 Å². The summed E-state index contributed by atoms with van der Waals surface area (Å²) in [6.45, 7) is 3.45. The molecule has 1 unspecified atom stereocenters. The second-order valence-electron chi connectivity index (χ2n) is 5.56. The Morgan fingerprint density at radius 3 is 2.68 bits per heavy atom. The maximum atomic E-state index is 11.1. The first kappa shape index (κ1) is 21.2. The molecule has 0 aliphatic heterocycles. The number of hydrazine groups is 1. The lowest BCUT2D eigenvalue weighted by Crippen LogP contribution is -2.33. The molecule has 0 spiro atoms. The van der Waals surface area contributed by atoms with Crippen LogP contribution in [0.15, 0.2) is 42.5 Å². The molecule has 1 aromatic heterocycles. The van der Waals surface area contributed by atoms with Gasteiger partial charge < -0.3 is 24.6 Å². The summed E-state index contributed by atoms with van der Waals surface area (Å²) in [6, 6.07) is 12.5. The van der Waals surface area contributed by atoms with Crippen LogP contribution in [0.3, 0.4) is 0 Å². The number of aliphatic hydroxyl groups excluding tert-OH is 1. The van der Waals surface area contributed by atoms with Gasteiger partial charge in [0.1, 0.15) is 25.1 Å². The lowest BCUT2D eigenvalue weighted by Gasteiger charge is -2.13. The van der Waals surface area contributed by atoms with E-state index in [-0.39, 0.29) is 13.2 Å². The molecule has 10 nitrogen and oxygen atoms in total. The number of amides is 1. The molecule has 0 aliphatic rings. The van der Waals surface area contributed by atoms with E-state index >= 15 is 0 Å². The van der Waals surface area contributed by atoms with Crippen LogP contribution in [0.4, 0.5) is 10.6 Å². The molecule has 0 saturated heterocycles. The lowest BCUT2D eigenvalue weighted by atomic mass is 10.3. The Morgan fingerprint density at radius 1 is 1.14 bits per heavy atom. The lowest BCUT2D eigenvalue weighted by molar-refractivity contribution is 0.105. The highest BCUT2D eigenvalue weighted by Crippen LogP contribution is 2.08. The van der Waals surface area contributed by atoms with Crippen LogP contribution in [-0.4, -0.2) is 60.4 Å². The third-order valence-electron chi connectivity index (χ3n) is 3.30. The van der Waals surface area contributed by atoms with Crippen molar-refractivity contribution in [2.24, 2.45) is 0 Å². The van der Waals surface area contributed by atoms with E-state index < -0.39 is 12.2 Å². The van der Waals surface area contributed by atoms with E-state index in [1.165, 1.54) is 0 Å². The summed E-state index contributed by atoms with van der Waals surface area (Å²) >= 11 is 0. The number of hydrogen-bond donors (Lipinski definition) is 4. The number of benzene rings is 1. The molecule has 10 heteroatoms. The molecule has 4 N–H and O–H groups in total. The van der Waals surface area contributed by atoms with Gasteiger partial charge in [0.2, 0.25) is 5.88 Å². The molecular weight excluding hydrogens is 366 g/mol. The molecule has 28 heavy (non-hydrogen) atoms. The number of carbonyl (C=O) groups is 1. The maximum Gasteiger partial charge on any atom is 0.425 e. The normalized spacial score (nSPS) is 11.4.